The van der Waals surface area contributed by atoms with Crippen LogP contribution in [0.2, 0.25) is 0 Å². The third-order valence-corrected chi connectivity index (χ3v) is 6.86. The van der Waals surface area contributed by atoms with E-state index < -0.39 is 11.7 Å². The van der Waals surface area contributed by atoms with Gasteiger partial charge >= 0.3 is 6.09 Å². The van der Waals surface area contributed by atoms with Gasteiger partial charge < -0.3 is 15.6 Å². The van der Waals surface area contributed by atoms with Gasteiger partial charge in [0.15, 0.2) is 0 Å². The Balaban J connectivity index is 2.35. The number of carbonyl (C=O) groups excluding carboxylic acids is 1. The standard InChI is InChI=1S/C21H35NO3/c1-7-20(5,24)12-9-15-14(2)13-16(25-18(22)23)17-19(3,4)10-8-11-21(15,17)6/h7,15-17,24H,1-2,8-13H2,3-6H3,(H2,22,23)/t15-,16-,17-,20-,21+/m0/s1. The molecule has 4 heteroatoms. The predicted molar refractivity (Wildman–Crippen MR) is 101 cm³/mol. The van der Waals surface area contributed by atoms with Gasteiger partial charge in [0.2, 0.25) is 0 Å². The molecule has 0 spiro atoms. The maximum atomic E-state index is 11.5. The van der Waals surface area contributed by atoms with Crippen molar-refractivity contribution in [3.63, 3.8) is 0 Å². The van der Waals surface area contributed by atoms with Gasteiger partial charge in [0, 0.05) is 12.3 Å². The molecule has 5 atom stereocenters. The van der Waals surface area contributed by atoms with E-state index in [1.807, 2.05) is 0 Å². The van der Waals surface area contributed by atoms with E-state index >= 15 is 0 Å². The second kappa shape index (κ2) is 6.79. The Labute approximate surface area is 152 Å². The minimum Gasteiger partial charge on any atom is -0.446 e. The van der Waals surface area contributed by atoms with E-state index in [0.29, 0.717) is 18.8 Å². The Morgan fingerprint density at radius 3 is 2.64 bits per heavy atom. The molecule has 0 unspecified atom stereocenters. The smallest absolute Gasteiger partial charge is 0.404 e. The lowest BCUT2D eigenvalue weighted by atomic mass is 9.46. The first kappa shape index (κ1) is 20.0. The second-order valence-electron chi connectivity index (χ2n) is 9.32. The van der Waals surface area contributed by atoms with Crippen LogP contribution < -0.4 is 5.73 Å². The summed E-state index contributed by atoms with van der Waals surface area (Å²) in [5.41, 5.74) is 5.68. The zero-order valence-electron chi connectivity index (χ0n) is 16.3. The van der Waals surface area contributed by atoms with Gasteiger partial charge in [0.25, 0.3) is 0 Å². The van der Waals surface area contributed by atoms with E-state index in [1.165, 1.54) is 0 Å². The Hall–Kier alpha value is -1.29. The maximum absolute atomic E-state index is 11.5. The fraction of sp³-hybridized carbons (Fsp3) is 0.762. The van der Waals surface area contributed by atoms with Crippen molar-refractivity contribution in [1.82, 2.24) is 0 Å². The molecule has 0 bridgehead atoms. The van der Waals surface area contributed by atoms with Gasteiger partial charge in [-0.2, -0.15) is 0 Å². The van der Waals surface area contributed by atoms with Gasteiger partial charge in [-0.05, 0) is 49.4 Å². The number of hydrogen-bond donors (Lipinski definition) is 2. The van der Waals surface area contributed by atoms with Crippen LogP contribution in [-0.2, 0) is 4.74 Å². The SMILES string of the molecule is C=C[C@](C)(O)CC[C@H]1C(=C)C[C@H](OC(N)=O)[C@H]2C(C)(C)CCC[C@]12C. The van der Waals surface area contributed by atoms with Crippen LogP contribution in [0.4, 0.5) is 4.79 Å². The molecule has 2 aliphatic carbocycles. The topological polar surface area (TPSA) is 72.6 Å². The first-order valence-corrected chi connectivity index (χ1v) is 9.43. The van der Waals surface area contributed by atoms with Crippen molar-refractivity contribution in [2.75, 3.05) is 0 Å². The normalized spacial score (nSPS) is 36.8. The molecule has 0 aromatic rings. The molecule has 1 amide bonds. The molecule has 2 aliphatic rings. The molecule has 0 aromatic carbocycles. The Bertz CT molecular complexity index is 551. The molecule has 0 saturated heterocycles. The van der Waals surface area contributed by atoms with Crippen LogP contribution in [0.1, 0.15) is 66.2 Å². The predicted octanol–water partition coefficient (Wildman–Crippen LogP) is 4.58. The monoisotopic (exact) mass is 349 g/mol. The molecule has 2 fully saturated rings. The molecule has 3 N–H and O–H groups in total. The molecule has 25 heavy (non-hydrogen) atoms. The Morgan fingerprint density at radius 2 is 2.08 bits per heavy atom. The highest BCUT2D eigenvalue weighted by Gasteiger charge is 2.57. The molecular formula is C21H35NO3. The number of rotatable bonds is 5. The van der Waals surface area contributed by atoms with Crippen molar-refractivity contribution in [2.24, 2.45) is 28.4 Å². The fourth-order valence-corrected chi connectivity index (χ4v) is 5.76. The fourth-order valence-electron chi connectivity index (χ4n) is 5.76. The highest BCUT2D eigenvalue weighted by atomic mass is 16.6. The quantitative estimate of drug-likeness (QED) is 0.714. The number of aliphatic hydroxyl groups is 1. The van der Waals surface area contributed by atoms with Crippen molar-refractivity contribution in [3.05, 3.63) is 24.8 Å². The van der Waals surface area contributed by atoms with E-state index in [0.717, 1.165) is 31.3 Å². The summed E-state index contributed by atoms with van der Waals surface area (Å²) in [6.45, 7) is 16.7. The van der Waals surface area contributed by atoms with E-state index in [-0.39, 0.29) is 22.9 Å². The van der Waals surface area contributed by atoms with Crippen molar-refractivity contribution in [3.8, 4) is 0 Å². The van der Waals surface area contributed by atoms with Crippen LogP contribution in [0.5, 0.6) is 0 Å². The van der Waals surface area contributed by atoms with Crippen molar-refractivity contribution in [1.29, 1.82) is 0 Å². The molecular weight excluding hydrogens is 314 g/mol. The van der Waals surface area contributed by atoms with E-state index in [2.05, 4.69) is 33.9 Å². The van der Waals surface area contributed by atoms with Crippen molar-refractivity contribution in [2.45, 2.75) is 77.9 Å². The van der Waals surface area contributed by atoms with Gasteiger partial charge in [-0.15, -0.1) is 6.58 Å². The summed E-state index contributed by atoms with van der Waals surface area (Å²) in [6, 6.07) is 0. The second-order valence-corrected chi connectivity index (χ2v) is 9.32. The van der Waals surface area contributed by atoms with Crippen molar-refractivity contribution >= 4 is 6.09 Å². The van der Waals surface area contributed by atoms with Gasteiger partial charge in [0.05, 0.1) is 5.60 Å². The summed E-state index contributed by atoms with van der Waals surface area (Å²) in [5.74, 6) is 0.543. The minimum absolute atomic E-state index is 0.00551. The average molecular weight is 350 g/mol. The van der Waals surface area contributed by atoms with E-state index in [1.54, 1.807) is 13.0 Å². The molecule has 2 saturated carbocycles. The zero-order valence-corrected chi connectivity index (χ0v) is 16.3. The minimum atomic E-state index is -0.864. The van der Waals surface area contributed by atoms with Crippen LogP contribution >= 0.6 is 0 Å². The number of primary amides is 1. The lowest BCUT2D eigenvalue weighted by Gasteiger charge is -2.60. The molecule has 2 rings (SSSR count). The third kappa shape index (κ3) is 3.94. The number of carbonyl (C=O) groups is 1. The van der Waals surface area contributed by atoms with Gasteiger partial charge in [-0.1, -0.05) is 45.4 Å². The highest BCUT2D eigenvalue weighted by molar-refractivity contribution is 5.65. The van der Waals surface area contributed by atoms with E-state index in [9.17, 15) is 9.90 Å². The summed E-state index contributed by atoms with van der Waals surface area (Å²) < 4.78 is 5.56. The molecule has 0 heterocycles. The summed E-state index contributed by atoms with van der Waals surface area (Å²) in [6.07, 6.45) is 6.25. The van der Waals surface area contributed by atoms with Crippen LogP contribution in [0, 0.1) is 22.7 Å². The number of ether oxygens (including phenoxy) is 1. The highest BCUT2D eigenvalue weighted by Crippen LogP contribution is 2.62. The number of fused-ring (bicyclic) bond motifs is 1. The van der Waals surface area contributed by atoms with Gasteiger partial charge in [0.1, 0.15) is 6.10 Å². The number of nitrogens with two attached hydrogens (primary N) is 1. The third-order valence-electron chi connectivity index (χ3n) is 6.86. The molecule has 0 radical (unpaired) electrons. The molecule has 142 valence electrons. The van der Waals surface area contributed by atoms with Crippen LogP contribution in [-0.4, -0.2) is 22.9 Å². The number of amides is 1. The Kier molecular flexibility index (Phi) is 5.44. The van der Waals surface area contributed by atoms with Gasteiger partial charge in [-0.25, -0.2) is 4.79 Å². The summed E-state index contributed by atoms with van der Waals surface area (Å²) in [7, 11) is 0. The van der Waals surface area contributed by atoms with Crippen LogP contribution in [0.3, 0.4) is 0 Å². The lowest BCUT2D eigenvalue weighted by molar-refractivity contribution is -0.124. The first-order chi connectivity index (χ1) is 11.4. The average Bonchev–Trinajstić information content (AvgIpc) is 2.44. The summed E-state index contributed by atoms with van der Waals surface area (Å²) >= 11 is 0. The Morgan fingerprint density at radius 1 is 1.44 bits per heavy atom. The number of hydrogen-bond acceptors (Lipinski definition) is 3. The summed E-state index contributed by atoms with van der Waals surface area (Å²) in [5, 5.41) is 10.4. The van der Waals surface area contributed by atoms with Crippen LogP contribution in [0.25, 0.3) is 0 Å². The largest absolute Gasteiger partial charge is 0.446 e. The first-order valence-electron chi connectivity index (χ1n) is 9.43. The molecule has 0 aromatic heterocycles. The van der Waals surface area contributed by atoms with E-state index in [4.69, 9.17) is 10.5 Å². The zero-order chi connectivity index (χ0) is 19.0. The lowest BCUT2D eigenvalue weighted by Crippen LogP contribution is -2.56. The molecule has 0 aliphatic heterocycles. The van der Waals surface area contributed by atoms with Crippen LogP contribution in [0.15, 0.2) is 24.8 Å². The summed E-state index contributed by atoms with van der Waals surface area (Å²) in [4.78, 5) is 11.5. The maximum Gasteiger partial charge on any atom is 0.404 e. The van der Waals surface area contributed by atoms with Gasteiger partial charge in [-0.3, -0.25) is 0 Å². The van der Waals surface area contributed by atoms with Crippen molar-refractivity contribution < 1.29 is 14.6 Å². The molecule has 4 nitrogen and oxygen atoms in total.